The molecule has 1 aliphatic heterocycles. The quantitative estimate of drug-likeness (QED) is 0.661. The number of ether oxygens (including phenoxy) is 1. The Hall–Kier alpha value is -0.650. The van der Waals surface area contributed by atoms with E-state index in [2.05, 4.69) is 10.2 Å². The van der Waals surface area contributed by atoms with Crippen LogP contribution in [0, 0.1) is 11.8 Å². The Kier molecular flexibility index (Phi) is 4.25. The van der Waals surface area contributed by atoms with Crippen molar-refractivity contribution in [1.29, 1.82) is 0 Å². The largest absolute Gasteiger partial charge is 0.384 e. The van der Waals surface area contributed by atoms with Gasteiger partial charge in [0.2, 0.25) is 5.91 Å². The molecule has 0 aromatic carbocycles. The Bertz CT molecular complexity index is 307. The van der Waals surface area contributed by atoms with Gasteiger partial charge in [0.1, 0.15) is 5.54 Å². The molecule has 1 saturated carbocycles. The first-order chi connectivity index (χ1) is 8.62. The Morgan fingerprint density at radius 1 is 1.50 bits per heavy atom. The first-order valence-corrected chi connectivity index (χ1v) is 6.82. The van der Waals surface area contributed by atoms with E-state index in [0.717, 1.165) is 45.5 Å². The SMILES string of the molecule is CNC(CN1CCC(COC)C1)(C(N)=O)C1CC1. The van der Waals surface area contributed by atoms with E-state index in [1.54, 1.807) is 7.11 Å². The van der Waals surface area contributed by atoms with E-state index in [4.69, 9.17) is 10.5 Å². The van der Waals surface area contributed by atoms with Gasteiger partial charge in [-0.15, -0.1) is 0 Å². The number of amides is 1. The topological polar surface area (TPSA) is 67.6 Å². The van der Waals surface area contributed by atoms with Gasteiger partial charge in [-0.25, -0.2) is 0 Å². The third kappa shape index (κ3) is 2.68. The second-order valence-electron chi connectivity index (χ2n) is 5.71. The van der Waals surface area contributed by atoms with E-state index < -0.39 is 5.54 Å². The molecule has 0 spiro atoms. The van der Waals surface area contributed by atoms with Crippen molar-refractivity contribution in [3.63, 3.8) is 0 Å². The van der Waals surface area contributed by atoms with Crippen molar-refractivity contribution in [2.45, 2.75) is 24.8 Å². The lowest BCUT2D eigenvalue weighted by molar-refractivity contribution is -0.126. The van der Waals surface area contributed by atoms with Gasteiger partial charge >= 0.3 is 0 Å². The lowest BCUT2D eigenvalue weighted by Crippen LogP contribution is -2.61. The van der Waals surface area contributed by atoms with Crippen molar-refractivity contribution >= 4 is 5.91 Å². The summed E-state index contributed by atoms with van der Waals surface area (Å²) in [6.45, 7) is 3.60. The fraction of sp³-hybridized carbons (Fsp3) is 0.923. The predicted molar refractivity (Wildman–Crippen MR) is 70.1 cm³/mol. The van der Waals surface area contributed by atoms with Crippen LogP contribution in [0.5, 0.6) is 0 Å². The maximum atomic E-state index is 11.8. The number of methoxy groups -OCH3 is 1. The van der Waals surface area contributed by atoms with Gasteiger partial charge in [-0.1, -0.05) is 0 Å². The number of nitrogens with two attached hydrogens (primary N) is 1. The van der Waals surface area contributed by atoms with Gasteiger partial charge in [-0.2, -0.15) is 0 Å². The number of carbonyl (C=O) groups is 1. The van der Waals surface area contributed by atoms with Gasteiger partial charge in [0, 0.05) is 20.2 Å². The summed E-state index contributed by atoms with van der Waals surface area (Å²) in [6, 6.07) is 0. The minimum atomic E-state index is -0.526. The highest BCUT2D eigenvalue weighted by Gasteiger charge is 2.50. The number of hydrogen-bond donors (Lipinski definition) is 2. The van der Waals surface area contributed by atoms with Crippen LogP contribution in [0.2, 0.25) is 0 Å². The number of hydrogen-bond acceptors (Lipinski definition) is 4. The predicted octanol–water partition coefficient (Wildman–Crippen LogP) is -0.192. The highest BCUT2D eigenvalue weighted by atomic mass is 16.5. The van der Waals surface area contributed by atoms with E-state index in [1.165, 1.54) is 0 Å². The van der Waals surface area contributed by atoms with Crippen molar-refractivity contribution < 1.29 is 9.53 Å². The Morgan fingerprint density at radius 3 is 2.72 bits per heavy atom. The second-order valence-corrected chi connectivity index (χ2v) is 5.71. The van der Waals surface area contributed by atoms with Gasteiger partial charge in [-0.3, -0.25) is 4.79 Å². The second kappa shape index (κ2) is 5.55. The fourth-order valence-corrected chi connectivity index (χ4v) is 3.17. The van der Waals surface area contributed by atoms with E-state index >= 15 is 0 Å². The molecule has 1 saturated heterocycles. The summed E-state index contributed by atoms with van der Waals surface area (Å²) in [5.74, 6) is 0.806. The molecule has 1 aliphatic carbocycles. The van der Waals surface area contributed by atoms with Crippen LogP contribution in [0.1, 0.15) is 19.3 Å². The molecule has 2 unspecified atom stereocenters. The maximum absolute atomic E-state index is 11.8. The number of carbonyl (C=O) groups excluding carboxylic acids is 1. The molecule has 0 aromatic heterocycles. The fourth-order valence-electron chi connectivity index (χ4n) is 3.17. The van der Waals surface area contributed by atoms with Crippen molar-refractivity contribution in [2.24, 2.45) is 17.6 Å². The van der Waals surface area contributed by atoms with Gasteiger partial charge in [0.25, 0.3) is 0 Å². The van der Waals surface area contributed by atoms with Crippen LogP contribution >= 0.6 is 0 Å². The average Bonchev–Trinajstić information content (AvgIpc) is 3.10. The molecular weight excluding hydrogens is 230 g/mol. The van der Waals surface area contributed by atoms with Crippen LogP contribution in [-0.2, 0) is 9.53 Å². The van der Waals surface area contributed by atoms with Crippen molar-refractivity contribution in [2.75, 3.05) is 40.4 Å². The smallest absolute Gasteiger partial charge is 0.239 e. The molecule has 0 bridgehead atoms. The van der Waals surface area contributed by atoms with E-state index in [-0.39, 0.29) is 5.91 Å². The molecule has 2 rings (SSSR count). The lowest BCUT2D eigenvalue weighted by Gasteiger charge is -2.34. The normalized spacial score (nSPS) is 28.2. The highest BCUT2D eigenvalue weighted by molar-refractivity contribution is 5.86. The van der Waals surface area contributed by atoms with E-state index in [9.17, 15) is 4.79 Å². The van der Waals surface area contributed by atoms with Crippen molar-refractivity contribution in [1.82, 2.24) is 10.2 Å². The molecule has 2 atom stereocenters. The standard InChI is InChI=1S/C13H25N3O2/c1-15-13(12(14)17,11-3-4-11)9-16-6-5-10(7-16)8-18-2/h10-11,15H,3-9H2,1-2H3,(H2,14,17). The summed E-state index contributed by atoms with van der Waals surface area (Å²) >= 11 is 0. The number of nitrogens with zero attached hydrogens (tertiary/aromatic N) is 1. The summed E-state index contributed by atoms with van der Waals surface area (Å²) in [4.78, 5) is 14.2. The monoisotopic (exact) mass is 255 g/mol. The molecule has 0 aromatic rings. The summed E-state index contributed by atoms with van der Waals surface area (Å²) in [5.41, 5.74) is 5.12. The van der Waals surface area contributed by atoms with Gasteiger partial charge in [0.15, 0.2) is 0 Å². The van der Waals surface area contributed by atoms with Crippen LogP contribution in [0.15, 0.2) is 0 Å². The molecule has 2 fully saturated rings. The molecular formula is C13H25N3O2. The molecule has 3 N–H and O–H groups in total. The number of nitrogens with one attached hydrogen (secondary N) is 1. The van der Waals surface area contributed by atoms with Crippen LogP contribution < -0.4 is 11.1 Å². The Morgan fingerprint density at radius 2 is 2.22 bits per heavy atom. The average molecular weight is 255 g/mol. The zero-order valence-electron chi connectivity index (χ0n) is 11.4. The maximum Gasteiger partial charge on any atom is 0.239 e. The number of rotatable bonds is 7. The Labute approximate surface area is 109 Å². The molecule has 5 heteroatoms. The molecule has 104 valence electrons. The lowest BCUT2D eigenvalue weighted by atomic mass is 9.91. The van der Waals surface area contributed by atoms with Crippen LogP contribution in [0.4, 0.5) is 0 Å². The third-order valence-electron chi connectivity index (χ3n) is 4.41. The number of primary amides is 1. The van der Waals surface area contributed by atoms with Crippen LogP contribution in [-0.4, -0.2) is 56.7 Å². The first-order valence-electron chi connectivity index (χ1n) is 6.82. The van der Waals surface area contributed by atoms with Gasteiger partial charge < -0.3 is 20.7 Å². The molecule has 5 nitrogen and oxygen atoms in total. The van der Waals surface area contributed by atoms with E-state index in [1.807, 2.05) is 7.05 Å². The summed E-state index contributed by atoms with van der Waals surface area (Å²) in [5, 5.41) is 3.20. The number of likely N-dealkylation sites (N-methyl/N-ethyl adjacent to an activating group) is 1. The molecule has 18 heavy (non-hydrogen) atoms. The summed E-state index contributed by atoms with van der Waals surface area (Å²) < 4.78 is 5.20. The highest BCUT2D eigenvalue weighted by Crippen LogP contribution is 2.40. The first kappa shape index (κ1) is 13.8. The number of likely N-dealkylation sites (tertiary alicyclic amines) is 1. The minimum absolute atomic E-state index is 0.206. The van der Waals surface area contributed by atoms with Crippen molar-refractivity contribution in [3.05, 3.63) is 0 Å². The minimum Gasteiger partial charge on any atom is -0.384 e. The molecule has 2 aliphatic rings. The van der Waals surface area contributed by atoms with Crippen LogP contribution in [0.25, 0.3) is 0 Å². The van der Waals surface area contributed by atoms with Gasteiger partial charge in [-0.05, 0) is 44.7 Å². The van der Waals surface area contributed by atoms with E-state index in [0.29, 0.717) is 11.8 Å². The van der Waals surface area contributed by atoms with Gasteiger partial charge in [0.05, 0.1) is 6.61 Å². The van der Waals surface area contributed by atoms with Crippen LogP contribution in [0.3, 0.4) is 0 Å². The molecule has 0 radical (unpaired) electrons. The Balaban J connectivity index is 1.95. The third-order valence-corrected chi connectivity index (χ3v) is 4.41. The zero-order chi connectivity index (χ0) is 13.2. The van der Waals surface area contributed by atoms with Crippen molar-refractivity contribution in [3.8, 4) is 0 Å². The molecule has 1 heterocycles. The molecule has 1 amide bonds. The summed E-state index contributed by atoms with van der Waals surface area (Å²) in [6.07, 6.45) is 3.37. The zero-order valence-corrected chi connectivity index (χ0v) is 11.4. The summed E-state index contributed by atoms with van der Waals surface area (Å²) in [7, 11) is 3.60.